The third-order valence-corrected chi connectivity index (χ3v) is 0. The van der Waals surface area contributed by atoms with Crippen LogP contribution in [0.15, 0.2) is 0 Å². The van der Waals surface area contributed by atoms with Gasteiger partial charge >= 0.3 is 57.5 Å². The molecule has 0 amide bonds. The molecule has 5 heteroatoms. The monoisotopic (exact) mass is 222 g/mol. The molecule has 0 aliphatic rings. The number of hydrogen-bond donors (Lipinski definition) is 3. The fourth-order valence-corrected chi connectivity index (χ4v) is 0. The van der Waals surface area contributed by atoms with Crippen LogP contribution in [0.5, 0.6) is 0 Å². The van der Waals surface area contributed by atoms with Gasteiger partial charge in [0.05, 0.1) is 0 Å². The number of hydrogen-bond acceptors (Lipinski definition) is 3. The van der Waals surface area contributed by atoms with E-state index >= 15 is 0 Å². The Labute approximate surface area is 74.1 Å². The van der Waals surface area contributed by atoms with Crippen molar-refractivity contribution >= 4 is 57.5 Å². The van der Waals surface area contributed by atoms with Crippen molar-refractivity contribution in [1.29, 1.82) is 0 Å². The summed E-state index contributed by atoms with van der Waals surface area (Å²) in [6, 6.07) is 0. The molecule has 30 valence electrons. The van der Waals surface area contributed by atoms with E-state index in [1.807, 2.05) is 0 Å². The van der Waals surface area contributed by atoms with E-state index < -0.39 is 8.60 Å². The van der Waals surface area contributed by atoms with Crippen LogP contribution in [0.25, 0.3) is 0 Å². The fourth-order valence-electron chi connectivity index (χ4n) is 0. The van der Waals surface area contributed by atoms with Gasteiger partial charge in [0.1, 0.15) is 0 Å². The van der Waals surface area contributed by atoms with Crippen molar-refractivity contribution in [2.24, 2.45) is 0 Å². The normalized spacial score (nSPS) is 7.20. The summed E-state index contributed by atoms with van der Waals surface area (Å²) < 4.78 is 0. The van der Waals surface area contributed by atoms with E-state index in [0.717, 1.165) is 0 Å². The Morgan fingerprint density at radius 1 is 1.20 bits per heavy atom. The summed E-state index contributed by atoms with van der Waals surface area (Å²) in [4.78, 5) is 21.7. The van der Waals surface area contributed by atoms with Gasteiger partial charge < -0.3 is 17.5 Å². The van der Waals surface area contributed by atoms with Crippen molar-refractivity contribution < 1.29 is 17.5 Å². The Kier molecular flexibility index (Phi) is 11.8. The van der Waals surface area contributed by atoms with Crippen molar-refractivity contribution in [2.45, 2.75) is 0 Å². The van der Waals surface area contributed by atoms with E-state index in [1.54, 1.807) is 0 Å². The van der Waals surface area contributed by atoms with Crippen molar-refractivity contribution in [3.63, 3.8) is 0 Å². The summed E-state index contributed by atoms with van der Waals surface area (Å²) in [5, 5.41) is 0. The van der Waals surface area contributed by atoms with E-state index in [0.29, 0.717) is 0 Å². The molecular formula is H5BaO3P. The van der Waals surface area contributed by atoms with Crippen LogP contribution in [0, 0.1) is 0 Å². The molecule has 0 aliphatic carbocycles. The second-order valence-corrected chi connectivity index (χ2v) is 0.805. The van der Waals surface area contributed by atoms with Gasteiger partial charge in [-0.25, -0.2) is 0 Å². The number of rotatable bonds is 0. The summed E-state index contributed by atoms with van der Waals surface area (Å²) >= 11 is 0. The Morgan fingerprint density at radius 3 is 1.20 bits per heavy atom. The van der Waals surface area contributed by atoms with Crippen LogP contribution in [0.4, 0.5) is 0 Å². The molecule has 0 saturated heterocycles. The van der Waals surface area contributed by atoms with Gasteiger partial charge in [-0.2, -0.15) is 0 Å². The molecule has 5 heavy (non-hydrogen) atoms. The first-order valence-electron chi connectivity index (χ1n) is 0.600. The SMILES string of the molecule is OP(O)O.[Ba+2].[H-].[H-]. The van der Waals surface area contributed by atoms with Crippen LogP contribution in [0.1, 0.15) is 2.85 Å². The minimum atomic E-state index is -2.62. The zero-order valence-electron chi connectivity index (χ0n) is 4.50. The summed E-state index contributed by atoms with van der Waals surface area (Å²) in [7, 11) is -2.62. The largest absolute Gasteiger partial charge is 2.00 e. The smallest absolute Gasteiger partial charge is 1.00 e. The first kappa shape index (κ1) is 9.99. The molecule has 0 aromatic carbocycles. The molecule has 0 atom stereocenters. The molecule has 3 N–H and O–H groups in total. The van der Waals surface area contributed by atoms with Crippen LogP contribution in [0.3, 0.4) is 0 Å². The van der Waals surface area contributed by atoms with Gasteiger partial charge in [0, 0.05) is 0 Å². The van der Waals surface area contributed by atoms with Gasteiger partial charge in [-0.15, -0.1) is 0 Å². The molecule has 0 spiro atoms. The van der Waals surface area contributed by atoms with E-state index in [-0.39, 0.29) is 51.7 Å². The Morgan fingerprint density at radius 2 is 1.20 bits per heavy atom. The van der Waals surface area contributed by atoms with E-state index in [9.17, 15) is 0 Å². The predicted molar refractivity (Wildman–Crippen MR) is 21.6 cm³/mol. The van der Waals surface area contributed by atoms with E-state index in [2.05, 4.69) is 0 Å². The maximum atomic E-state index is 7.23. The maximum absolute atomic E-state index is 7.23. The first-order valence-corrected chi connectivity index (χ1v) is 1.80. The Bertz CT molecular complexity index is 17.7. The molecule has 0 aromatic rings. The van der Waals surface area contributed by atoms with Crippen molar-refractivity contribution in [3.8, 4) is 0 Å². The van der Waals surface area contributed by atoms with Gasteiger partial charge in [-0.05, 0) is 0 Å². The quantitative estimate of drug-likeness (QED) is 0.364. The van der Waals surface area contributed by atoms with Crippen LogP contribution >= 0.6 is 8.60 Å². The summed E-state index contributed by atoms with van der Waals surface area (Å²) in [6.07, 6.45) is 0. The summed E-state index contributed by atoms with van der Waals surface area (Å²) in [6.45, 7) is 0. The molecule has 0 bridgehead atoms. The average Bonchev–Trinajstić information content (AvgIpc) is 0.811. The van der Waals surface area contributed by atoms with Gasteiger partial charge in [0.15, 0.2) is 0 Å². The Hall–Kier alpha value is 1.88. The van der Waals surface area contributed by atoms with Crippen LogP contribution in [0.2, 0.25) is 0 Å². The molecule has 0 rings (SSSR count). The standard InChI is InChI=1S/Ba.H3O3P.2H/c;1-4(2)3;;/h;1-3H;;/q+2;;2*-1. The average molecular weight is 221 g/mol. The Balaban J connectivity index is -0.0000000150. The zero-order chi connectivity index (χ0) is 3.58. The maximum Gasteiger partial charge on any atom is 2.00 e. The molecule has 0 unspecified atom stereocenters. The minimum absolute atomic E-state index is 0. The third kappa shape index (κ3) is 25.0. The molecule has 0 saturated carbocycles. The molecule has 0 aliphatic heterocycles. The fraction of sp³-hybridized carbons (Fsp3) is 0. The van der Waals surface area contributed by atoms with Crippen molar-refractivity contribution in [3.05, 3.63) is 0 Å². The van der Waals surface area contributed by atoms with Gasteiger partial charge in [0.2, 0.25) is 0 Å². The molecular weight excluding hydrogens is 216 g/mol. The van der Waals surface area contributed by atoms with E-state index in [4.69, 9.17) is 14.7 Å². The minimum Gasteiger partial charge on any atom is -1.00 e. The molecule has 0 radical (unpaired) electrons. The second kappa shape index (κ2) is 5.88. The summed E-state index contributed by atoms with van der Waals surface area (Å²) in [5.41, 5.74) is 0. The predicted octanol–water partition coefficient (Wildman–Crippen LogP) is -0.966. The van der Waals surface area contributed by atoms with Crippen molar-refractivity contribution in [2.75, 3.05) is 0 Å². The van der Waals surface area contributed by atoms with Crippen LogP contribution in [-0.4, -0.2) is 63.6 Å². The molecule has 3 nitrogen and oxygen atoms in total. The van der Waals surface area contributed by atoms with E-state index in [1.165, 1.54) is 0 Å². The third-order valence-electron chi connectivity index (χ3n) is 0. The van der Waals surface area contributed by atoms with Crippen LogP contribution < -0.4 is 0 Å². The zero-order valence-corrected chi connectivity index (χ0v) is 7.83. The van der Waals surface area contributed by atoms with Gasteiger partial charge in [-0.1, -0.05) is 0 Å². The van der Waals surface area contributed by atoms with Crippen molar-refractivity contribution in [1.82, 2.24) is 0 Å². The summed E-state index contributed by atoms with van der Waals surface area (Å²) in [5.74, 6) is 0. The second-order valence-electron chi connectivity index (χ2n) is 0.268. The molecule has 0 fully saturated rings. The molecule has 0 aromatic heterocycles. The topological polar surface area (TPSA) is 60.7 Å². The van der Waals surface area contributed by atoms with Crippen LogP contribution in [-0.2, 0) is 0 Å². The molecule has 0 heterocycles. The van der Waals surface area contributed by atoms with Gasteiger partial charge in [0.25, 0.3) is 0 Å². The van der Waals surface area contributed by atoms with Gasteiger partial charge in [-0.3, -0.25) is 0 Å². The first-order chi connectivity index (χ1) is 1.73.